The minimum absolute atomic E-state index is 0.0408. The molecule has 5 rings (SSSR count). The van der Waals surface area contributed by atoms with Crippen LogP contribution in [0.5, 0.6) is 0 Å². The van der Waals surface area contributed by atoms with E-state index in [1.807, 2.05) is 54.7 Å². The highest BCUT2D eigenvalue weighted by molar-refractivity contribution is 5.80. The van der Waals surface area contributed by atoms with Gasteiger partial charge in [-0.3, -0.25) is 9.48 Å². The van der Waals surface area contributed by atoms with E-state index in [4.69, 9.17) is 0 Å². The summed E-state index contributed by atoms with van der Waals surface area (Å²) in [5.74, 6) is 0.161. The van der Waals surface area contributed by atoms with Gasteiger partial charge in [0.2, 0.25) is 5.91 Å². The Kier molecular flexibility index (Phi) is 3.93. The standard InChI is InChI=1S/C21H20N6O/c1-25-11-16(10-22-25)18-13-26(12-15-6-2-3-7-17(15)18)21(28)14-27-20-9-5-4-8-19(20)23-24-27/h2-11,18H,12-14H2,1H3/t18-/m0/s1. The molecule has 4 aromatic rings. The highest BCUT2D eigenvalue weighted by Gasteiger charge is 2.30. The summed E-state index contributed by atoms with van der Waals surface area (Å²) < 4.78 is 3.48. The fraction of sp³-hybridized carbons (Fsp3) is 0.238. The van der Waals surface area contributed by atoms with Gasteiger partial charge in [-0.1, -0.05) is 41.6 Å². The van der Waals surface area contributed by atoms with Gasteiger partial charge in [0.15, 0.2) is 0 Å². The average Bonchev–Trinajstić information content (AvgIpc) is 3.33. The third-order valence-electron chi connectivity index (χ3n) is 5.38. The van der Waals surface area contributed by atoms with E-state index in [1.54, 1.807) is 9.36 Å². The van der Waals surface area contributed by atoms with E-state index in [0.29, 0.717) is 13.1 Å². The maximum Gasteiger partial charge on any atom is 0.244 e. The second-order valence-corrected chi connectivity index (χ2v) is 7.21. The van der Waals surface area contributed by atoms with Crippen LogP contribution >= 0.6 is 0 Å². The van der Waals surface area contributed by atoms with Gasteiger partial charge in [-0.2, -0.15) is 5.10 Å². The first-order valence-corrected chi connectivity index (χ1v) is 9.31. The van der Waals surface area contributed by atoms with Crippen molar-refractivity contribution >= 4 is 16.9 Å². The Morgan fingerprint density at radius 3 is 2.82 bits per heavy atom. The molecule has 0 aliphatic carbocycles. The molecule has 7 heteroatoms. The summed E-state index contributed by atoms with van der Waals surface area (Å²) in [6.07, 6.45) is 3.92. The van der Waals surface area contributed by atoms with Crippen molar-refractivity contribution in [1.82, 2.24) is 29.7 Å². The van der Waals surface area contributed by atoms with E-state index < -0.39 is 0 Å². The fourth-order valence-electron chi connectivity index (χ4n) is 3.96. The molecule has 0 fully saturated rings. The highest BCUT2D eigenvalue weighted by atomic mass is 16.2. The second kappa shape index (κ2) is 6.60. The molecule has 0 saturated carbocycles. The largest absolute Gasteiger partial charge is 0.336 e. The molecular formula is C21H20N6O. The number of carbonyl (C=O) groups is 1. The number of aromatic nitrogens is 5. The number of nitrogens with zero attached hydrogens (tertiary/aromatic N) is 6. The smallest absolute Gasteiger partial charge is 0.244 e. The topological polar surface area (TPSA) is 68.8 Å². The van der Waals surface area contributed by atoms with E-state index in [0.717, 1.165) is 16.6 Å². The number of hydrogen-bond donors (Lipinski definition) is 0. The van der Waals surface area contributed by atoms with Gasteiger partial charge < -0.3 is 4.90 Å². The summed E-state index contributed by atoms with van der Waals surface area (Å²) >= 11 is 0. The van der Waals surface area contributed by atoms with Crippen LogP contribution in [-0.4, -0.2) is 42.1 Å². The molecule has 0 saturated heterocycles. The molecule has 0 radical (unpaired) electrons. The van der Waals surface area contributed by atoms with E-state index in [9.17, 15) is 4.79 Å². The number of para-hydroxylation sites is 1. The van der Waals surface area contributed by atoms with Crippen molar-refractivity contribution in [2.24, 2.45) is 7.05 Å². The Labute approximate surface area is 162 Å². The Morgan fingerprint density at radius 1 is 1.14 bits per heavy atom. The Balaban J connectivity index is 1.45. The monoisotopic (exact) mass is 372 g/mol. The highest BCUT2D eigenvalue weighted by Crippen LogP contribution is 2.33. The molecule has 7 nitrogen and oxygen atoms in total. The van der Waals surface area contributed by atoms with Crippen molar-refractivity contribution in [1.29, 1.82) is 0 Å². The van der Waals surface area contributed by atoms with Gasteiger partial charge >= 0.3 is 0 Å². The van der Waals surface area contributed by atoms with Crippen LogP contribution in [0.4, 0.5) is 0 Å². The molecule has 1 aliphatic rings. The quantitative estimate of drug-likeness (QED) is 0.554. The van der Waals surface area contributed by atoms with Gasteiger partial charge in [0.25, 0.3) is 0 Å². The summed E-state index contributed by atoms with van der Waals surface area (Å²) in [6.45, 7) is 1.43. The van der Waals surface area contributed by atoms with Crippen LogP contribution in [0.1, 0.15) is 22.6 Å². The van der Waals surface area contributed by atoms with E-state index >= 15 is 0 Å². The van der Waals surface area contributed by atoms with Gasteiger partial charge in [0.05, 0.1) is 11.7 Å². The molecule has 2 aromatic carbocycles. The van der Waals surface area contributed by atoms with Gasteiger partial charge in [0.1, 0.15) is 12.1 Å². The Morgan fingerprint density at radius 2 is 1.96 bits per heavy atom. The third-order valence-corrected chi connectivity index (χ3v) is 5.38. The molecular weight excluding hydrogens is 352 g/mol. The molecule has 0 bridgehead atoms. The van der Waals surface area contributed by atoms with Crippen LogP contribution in [0.25, 0.3) is 11.0 Å². The number of fused-ring (bicyclic) bond motifs is 2. The van der Waals surface area contributed by atoms with Crippen LogP contribution in [0.3, 0.4) is 0 Å². The molecule has 1 amide bonds. The predicted molar refractivity (Wildman–Crippen MR) is 104 cm³/mol. The maximum absolute atomic E-state index is 13.1. The Bertz CT molecular complexity index is 1160. The van der Waals surface area contributed by atoms with E-state index in [1.165, 1.54) is 11.1 Å². The van der Waals surface area contributed by atoms with Crippen LogP contribution < -0.4 is 0 Å². The molecule has 1 atom stereocenters. The number of amides is 1. The van der Waals surface area contributed by atoms with Crippen LogP contribution in [0, 0.1) is 0 Å². The van der Waals surface area contributed by atoms with Crippen LogP contribution in [0.2, 0.25) is 0 Å². The summed E-state index contributed by atoms with van der Waals surface area (Å²) in [5.41, 5.74) is 5.24. The summed E-state index contributed by atoms with van der Waals surface area (Å²) in [6, 6.07) is 16.0. The maximum atomic E-state index is 13.1. The lowest BCUT2D eigenvalue weighted by atomic mass is 9.86. The van der Waals surface area contributed by atoms with Crippen molar-refractivity contribution in [2.75, 3.05) is 6.54 Å². The van der Waals surface area contributed by atoms with Gasteiger partial charge in [-0.15, -0.1) is 5.10 Å². The summed E-state index contributed by atoms with van der Waals surface area (Å²) in [4.78, 5) is 15.0. The van der Waals surface area contributed by atoms with Crippen LogP contribution in [0.15, 0.2) is 60.9 Å². The lowest BCUT2D eigenvalue weighted by Gasteiger charge is -2.34. The predicted octanol–water partition coefficient (Wildman–Crippen LogP) is 2.34. The summed E-state index contributed by atoms with van der Waals surface area (Å²) in [7, 11) is 1.91. The molecule has 140 valence electrons. The number of carbonyl (C=O) groups excluding carboxylic acids is 1. The average molecular weight is 372 g/mol. The fourth-order valence-corrected chi connectivity index (χ4v) is 3.96. The van der Waals surface area contributed by atoms with Crippen molar-refractivity contribution in [3.05, 3.63) is 77.6 Å². The first-order chi connectivity index (χ1) is 13.7. The molecule has 3 heterocycles. The molecule has 0 spiro atoms. The number of rotatable bonds is 3. The minimum atomic E-state index is 0.0408. The van der Waals surface area contributed by atoms with E-state index in [-0.39, 0.29) is 18.4 Å². The van der Waals surface area contributed by atoms with Crippen molar-refractivity contribution in [3.63, 3.8) is 0 Å². The lowest BCUT2D eigenvalue weighted by molar-refractivity contribution is -0.133. The minimum Gasteiger partial charge on any atom is -0.336 e. The zero-order chi connectivity index (χ0) is 19.1. The van der Waals surface area contributed by atoms with Crippen molar-refractivity contribution in [3.8, 4) is 0 Å². The van der Waals surface area contributed by atoms with E-state index in [2.05, 4.69) is 33.6 Å². The normalized spacial score (nSPS) is 16.3. The zero-order valence-corrected chi connectivity index (χ0v) is 15.6. The Hall–Kier alpha value is -3.48. The second-order valence-electron chi connectivity index (χ2n) is 7.21. The van der Waals surface area contributed by atoms with Gasteiger partial charge in [-0.05, 0) is 28.8 Å². The number of benzene rings is 2. The van der Waals surface area contributed by atoms with Crippen molar-refractivity contribution < 1.29 is 4.79 Å². The SMILES string of the molecule is Cn1cc([C@@H]2CN(C(=O)Cn3nnc4ccccc43)Cc3ccccc32)cn1. The first kappa shape index (κ1) is 16.7. The zero-order valence-electron chi connectivity index (χ0n) is 15.6. The van der Waals surface area contributed by atoms with Crippen LogP contribution in [-0.2, 0) is 24.9 Å². The third kappa shape index (κ3) is 2.85. The molecule has 28 heavy (non-hydrogen) atoms. The molecule has 0 unspecified atom stereocenters. The number of aryl methyl sites for hydroxylation is 1. The molecule has 0 N–H and O–H groups in total. The lowest BCUT2D eigenvalue weighted by Crippen LogP contribution is -2.40. The number of hydrogen-bond acceptors (Lipinski definition) is 4. The molecule has 2 aromatic heterocycles. The van der Waals surface area contributed by atoms with Gasteiger partial charge in [-0.25, -0.2) is 4.68 Å². The first-order valence-electron chi connectivity index (χ1n) is 9.31. The summed E-state index contributed by atoms with van der Waals surface area (Å²) in [5, 5.41) is 12.6. The van der Waals surface area contributed by atoms with Gasteiger partial charge in [0, 0.05) is 32.3 Å². The van der Waals surface area contributed by atoms with Crippen molar-refractivity contribution in [2.45, 2.75) is 19.0 Å². The molecule has 1 aliphatic heterocycles.